The summed E-state index contributed by atoms with van der Waals surface area (Å²) in [6.07, 6.45) is 34.7. The van der Waals surface area contributed by atoms with E-state index >= 15 is 0 Å². The molecule has 1 amide bonds. The van der Waals surface area contributed by atoms with Gasteiger partial charge in [0.1, 0.15) is 0 Å². The second-order valence-electron chi connectivity index (χ2n) is 12.8. The van der Waals surface area contributed by atoms with Crippen LogP contribution in [0.1, 0.15) is 174 Å². The van der Waals surface area contributed by atoms with E-state index in [4.69, 9.17) is 0 Å². The van der Waals surface area contributed by atoms with Crippen LogP contribution in [0.25, 0.3) is 0 Å². The normalized spacial score (nSPS) is 21.6. The van der Waals surface area contributed by atoms with Crippen molar-refractivity contribution in [3.63, 3.8) is 0 Å². The molecule has 0 atom stereocenters. The summed E-state index contributed by atoms with van der Waals surface area (Å²) < 4.78 is 0. The van der Waals surface area contributed by atoms with Gasteiger partial charge in [-0.25, -0.2) is 0 Å². The molecule has 35 heavy (non-hydrogen) atoms. The number of hydrogen-bond acceptors (Lipinski definition) is 2. The first kappa shape index (κ1) is 29.0. The molecule has 1 N–H and O–H groups in total. The number of carbonyl (C=O) groups is 1. The van der Waals surface area contributed by atoms with Crippen molar-refractivity contribution in [1.29, 1.82) is 0 Å². The highest BCUT2D eigenvalue weighted by molar-refractivity contribution is 5.76. The lowest BCUT2D eigenvalue weighted by Gasteiger charge is -2.56. The van der Waals surface area contributed by atoms with Crippen molar-refractivity contribution in [1.82, 2.24) is 10.2 Å². The van der Waals surface area contributed by atoms with Crippen LogP contribution in [-0.4, -0.2) is 35.0 Å². The molecule has 0 radical (unpaired) electrons. The Morgan fingerprint density at radius 3 is 1.34 bits per heavy atom. The molecule has 0 aromatic heterocycles. The Morgan fingerprint density at radius 1 is 0.571 bits per heavy atom. The number of nitrogens with one attached hydrogen (secondary N) is 1. The van der Waals surface area contributed by atoms with Crippen LogP contribution < -0.4 is 5.32 Å². The van der Waals surface area contributed by atoms with Crippen LogP contribution in [0.4, 0.5) is 0 Å². The zero-order valence-corrected chi connectivity index (χ0v) is 23.7. The predicted molar refractivity (Wildman–Crippen MR) is 151 cm³/mol. The van der Waals surface area contributed by atoms with E-state index in [0.717, 1.165) is 25.9 Å². The first-order valence-electron chi connectivity index (χ1n) is 16.2. The van der Waals surface area contributed by atoms with Crippen LogP contribution in [-0.2, 0) is 4.79 Å². The largest absolute Gasteiger partial charge is 0.339 e. The van der Waals surface area contributed by atoms with Crippen LogP contribution in [0, 0.1) is 0 Å². The van der Waals surface area contributed by atoms with Crippen molar-refractivity contribution in [2.75, 3.05) is 13.1 Å². The average molecular weight is 489 g/mol. The Hall–Kier alpha value is -0.570. The van der Waals surface area contributed by atoms with E-state index in [-0.39, 0.29) is 11.1 Å². The third-order valence-corrected chi connectivity index (χ3v) is 9.49. The second-order valence-corrected chi connectivity index (χ2v) is 12.8. The van der Waals surface area contributed by atoms with E-state index in [9.17, 15) is 4.79 Å². The summed E-state index contributed by atoms with van der Waals surface area (Å²) in [5.74, 6) is 0.455. The van der Waals surface area contributed by atoms with Crippen LogP contribution in [0.2, 0.25) is 0 Å². The highest BCUT2D eigenvalue weighted by Gasteiger charge is 2.48. The third-order valence-electron chi connectivity index (χ3n) is 9.49. The van der Waals surface area contributed by atoms with Crippen LogP contribution in [0.5, 0.6) is 0 Å². The van der Waals surface area contributed by atoms with E-state index in [2.05, 4.69) is 17.1 Å². The summed E-state index contributed by atoms with van der Waals surface area (Å²) in [5.41, 5.74) is 0.442. The summed E-state index contributed by atoms with van der Waals surface area (Å²) in [6, 6.07) is 0. The van der Waals surface area contributed by atoms with Gasteiger partial charge in [0, 0.05) is 30.6 Å². The van der Waals surface area contributed by atoms with Crippen molar-refractivity contribution in [3.8, 4) is 0 Å². The number of rotatable bonds is 16. The Labute approximate surface area is 219 Å². The molecular formula is C32H60N2O. The van der Waals surface area contributed by atoms with E-state index in [1.807, 2.05) is 0 Å². The van der Waals surface area contributed by atoms with Gasteiger partial charge in [-0.2, -0.15) is 0 Å². The van der Waals surface area contributed by atoms with Crippen molar-refractivity contribution < 1.29 is 4.79 Å². The molecule has 2 saturated carbocycles. The number of unbranched alkanes of at least 4 members (excludes halogenated alkanes) is 14. The maximum atomic E-state index is 13.3. The van der Waals surface area contributed by atoms with Crippen molar-refractivity contribution in [3.05, 3.63) is 0 Å². The van der Waals surface area contributed by atoms with Crippen LogP contribution in [0.3, 0.4) is 0 Å². The van der Waals surface area contributed by atoms with E-state index < -0.39 is 0 Å². The number of hydrogen-bond donors (Lipinski definition) is 1. The minimum atomic E-state index is 0.221. The maximum absolute atomic E-state index is 13.3. The molecule has 3 aliphatic rings. The van der Waals surface area contributed by atoms with Crippen LogP contribution in [0.15, 0.2) is 0 Å². The maximum Gasteiger partial charge on any atom is 0.222 e. The lowest BCUT2D eigenvalue weighted by molar-refractivity contribution is -0.137. The van der Waals surface area contributed by atoms with Gasteiger partial charge in [-0.3, -0.25) is 4.79 Å². The molecule has 2 spiro atoms. The molecule has 0 bridgehead atoms. The van der Waals surface area contributed by atoms with E-state index in [1.165, 1.54) is 154 Å². The molecule has 3 fully saturated rings. The van der Waals surface area contributed by atoms with Gasteiger partial charge < -0.3 is 10.2 Å². The molecule has 1 heterocycles. The number of nitrogens with zero attached hydrogens (tertiary/aromatic N) is 1. The Balaban J connectivity index is 1.24. The standard InChI is InChI=1S/C32H60N2O/c1-2-3-4-5-6-7-8-9-10-11-12-13-14-15-18-23-30(35)34-28-31(24-19-16-20-25-31)33-32(29-34)26-21-17-22-27-32/h33H,2-29H2,1H3. The highest BCUT2D eigenvalue weighted by Crippen LogP contribution is 2.40. The monoisotopic (exact) mass is 488 g/mol. The molecule has 2 aliphatic carbocycles. The van der Waals surface area contributed by atoms with Gasteiger partial charge in [-0.1, -0.05) is 135 Å². The summed E-state index contributed by atoms with van der Waals surface area (Å²) in [4.78, 5) is 15.6. The predicted octanol–water partition coefficient (Wildman–Crippen LogP) is 9.09. The summed E-state index contributed by atoms with van der Waals surface area (Å²) in [6.45, 7) is 4.25. The number of amides is 1. The molecule has 0 unspecified atom stereocenters. The minimum Gasteiger partial charge on any atom is -0.339 e. The fourth-order valence-corrected chi connectivity index (χ4v) is 7.43. The van der Waals surface area contributed by atoms with Gasteiger partial charge in [-0.05, 0) is 32.1 Å². The molecule has 3 nitrogen and oxygen atoms in total. The molecule has 0 aromatic carbocycles. The molecule has 3 heteroatoms. The molecule has 0 aromatic rings. The molecule has 204 valence electrons. The molecule has 3 rings (SSSR count). The van der Waals surface area contributed by atoms with Crippen molar-refractivity contribution >= 4 is 5.91 Å². The van der Waals surface area contributed by atoms with Gasteiger partial charge in [0.05, 0.1) is 0 Å². The molecule has 1 saturated heterocycles. The fraction of sp³-hybridized carbons (Fsp3) is 0.969. The lowest BCUT2D eigenvalue weighted by atomic mass is 9.72. The smallest absolute Gasteiger partial charge is 0.222 e. The minimum absolute atomic E-state index is 0.221. The highest BCUT2D eigenvalue weighted by atomic mass is 16.2. The first-order valence-corrected chi connectivity index (χ1v) is 16.2. The number of carbonyl (C=O) groups excluding carboxylic acids is 1. The summed E-state index contributed by atoms with van der Waals surface area (Å²) in [5, 5.41) is 4.20. The van der Waals surface area contributed by atoms with Crippen molar-refractivity contribution in [2.24, 2.45) is 0 Å². The average Bonchev–Trinajstić information content (AvgIpc) is 2.86. The first-order chi connectivity index (χ1) is 17.2. The Morgan fingerprint density at radius 2 is 0.943 bits per heavy atom. The summed E-state index contributed by atoms with van der Waals surface area (Å²) in [7, 11) is 0. The zero-order chi connectivity index (χ0) is 24.7. The van der Waals surface area contributed by atoms with E-state index in [0.29, 0.717) is 5.91 Å². The number of piperazine rings is 1. The van der Waals surface area contributed by atoms with E-state index in [1.54, 1.807) is 0 Å². The van der Waals surface area contributed by atoms with Gasteiger partial charge >= 0.3 is 0 Å². The molecular weight excluding hydrogens is 428 g/mol. The van der Waals surface area contributed by atoms with Crippen LogP contribution >= 0.6 is 0 Å². The lowest BCUT2D eigenvalue weighted by Crippen LogP contribution is -2.72. The third kappa shape index (κ3) is 10.4. The zero-order valence-electron chi connectivity index (χ0n) is 23.7. The van der Waals surface area contributed by atoms with Gasteiger partial charge in [0.15, 0.2) is 0 Å². The quantitative estimate of drug-likeness (QED) is 0.220. The second kappa shape index (κ2) is 16.3. The Kier molecular flexibility index (Phi) is 13.5. The fourth-order valence-electron chi connectivity index (χ4n) is 7.43. The SMILES string of the molecule is CCCCCCCCCCCCCCCCCC(=O)N1CC2(CCCCC2)NC2(CCCCC2)C1. The topological polar surface area (TPSA) is 32.3 Å². The van der Waals surface area contributed by atoms with Crippen molar-refractivity contribution in [2.45, 2.75) is 185 Å². The van der Waals surface area contributed by atoms with Gasteiger partial charge in [0.2, 0.25) is 5.91 Å². The van der Waals surface area contributed by atoms with Gasteiger partial charge in [-0.15, -0.1) is 0 Å². The van der Waals surface area contributed by atoms with Gasteiger partial charge in [0.25, 0.3) is 0 Å². The molecule has 1 aliphatic heterocycles. The Bertz CT molecular complexity index is 536. The summed E-state index contributed by atoms with van der Waals surface area (Å²) >= 11 is 0.